The second kappa shape index (κ2) is 4.77. The molecule has 1 saturated heterocycles. The van der Waals surface area contributed by atoms with Gasteiger partial charge in [-0.2, -0.15) is 11.8 Å². The average molecular weight is 251 g/mol. The minimum absolute atomic E-state index is 0.387. The standard InChI is InChI=1S/C13H21N3S/c1-10-11(14)4-5-12(15-10)16-7-6-13(2,3)17-9-8-16/h4-5H,6-9,14H2,1-3H3. The van der Waals surface area contributed by atoms with Gasteiger partial charge in [0.2, 0.25) is 0 Å². The number of hydrogen-bond donors (Lipinski definition) is 1. The van der Waals surface area contributed by atoms with Crippen LogP contribution in [-0.2, 0) is 0 Å². The molecule has 0 radical (unpaired) electrons. The van der Waals surface area contributed by atoms with Gasteiger partial charge in [-0.1, -0.05) is 13.8 Å². The summed E-state index contributed by atoms with van der Waals surface area (Å²) in [7, 11) is 0. The molecule has 0 bridgehead atoms. The molecule has 0 amide bonds. The predicted octanol–water partition coefficient (Wildman–Crippen LogP) is 2.69. The maximum atomic E-state index is 5.81. The second-order valence-electron chi connectivity index (χ2n) is 5.19. The van der Waals surface area contributed by atoms with Crippen molar-refractivity contribution in [1.29, 1.82) is 0 Å². The molecule has 2 heterocycles. The molecule has 3 nitrogen and oxygen atoms in total. The summed E-state index contributed by atoms with van der Waals surface area (Å²) >= 11 is 2.05. The molecular weight excluding hydrogens is 230 g/mol. The quantitative estimate of drug-likeness (QED) is 0.833. The first-order chi connectivity index (χ1) is 7.98. The average Bonchev–Trinajstić information content (AvgIpc) is 2.44. The van der Waals surface area contributed by atoms with E-state index in [2.05, 4.69) is 35.5 Å². The zero-order chi connectivity index (χ0) is 12.5. The second-order valence-corrected chi connectivity index (χ2v) is 6.99. The van der Waals surface area contributed by atoms with E-state index in [1.165, 1.54) is 6.42 Å². The van der Waals surface area contributed by atoms with Crippen LogP contribution in [0.5, 0.6) is 0 Å². The van der Waals surface area contributed by atoms with Gasteiger partial charge in [0, 0.05) is 23.6 Å². The Bertz CT molecular complexity index is 404. The van der Waals surface area contributed by atoms with Gasteiger partial charge in [0.05, 0.1) is 11.4 Å². The molecule has 17 heavy (non-hydrogen) atoms. The molecular formula is C13H21N3S. The minimum Gasteiger partial charge on any atom is -0.397 e. The summed E-state index contributed by atoms with van der Waals surface area (Å²) in [5.74, 6) is 2.23. The lowest BCUT2D eigenvalue weighted by Crippen LogP contribution is -2.27. The normalized spacial score (nSPS) is 20.1. The summed E-state index contributed by atoms with van der Waals surface area (Å²) in [5.41, 5.74) is 7.51. The van der Waals surface area contributed by atoms with Gasteiger partial charge in [-0.05, 0) is 25.5 Å². The van der Waals surface area contributed by atoms with Crippen LogP contribution in [0.4, 0.5) is 11.5 Å². The van der Waals surface area contributed by atoms with Crippen LogP contribution in [0.1, 0.15) is 26.0 Å². The first-order valence-corrected chi connectivity index (χ1v) is 7.08. The summed E-state index contributed by atoms with van der Waals surface area (Å²) in [6, 6.07) is 3.99. The van der Waals surface area contributed by atoms with Crippen molar-refractivity contribution >= 4 is 23.3 Å². The molecule has 1 aliphatic heterocycles. The third-order valence-corrected chi connectivity index (χ3v) is 4.65. The van der Waals surface area contributed by atoms with Gasteiger partial charge < -0.3 is 10.6 Å². The highest BCUT2D eigenvalue weighted by Crippen LogP contribution is 2.32. The van der Waals surface area contributed by atoms with Crippen LogP contribution in [0, 0.1) is 6.92 Å². The molecule has 2 rings (SSSR count). The van der Waals surface area contributed by atoms with E-state index in [-0.39, 0.29) is 0 Å². The lowest BCUT2D eigenvalue weighted by Gasteiger charge is -2.23. The Hall–Kier alpha value is -0.900. The Balaban J connectivity index is 2.14. The first-order valence-electron chi connectivity index (χ1n) is 6.10. The molecule has 94 valence electrons. The molecule has 1 aromatic heterocycles. The van der Waals surface area contributed by atoms with Gasteiger partial charge in [-0.15, -0.1) is 0 Å². The van der Waals surface area contributed by atoms with Crippen molar-refractivity contribution < 1.29 is 0 Å². The number of hydrogen-bond acceptors (Lipinski definition) is 4. The molecule has 4 heteroatoms. The van der Waals surface area contributed by atoms with E-state index in [0.29, 0.717) is 4.75 Å². The van der Waals surface area contributed by atoms with Crippen LogP contribution >= 0.6 is 11.8 Å². The lowest BCUT2D eigenvalue weighted by atomic mass is 10.1. The fourth-order valence-electron chi connectivity index (χ4n) is 1.98. The zero-order valence-electron chi connectivity index (χ0n) is 10.9. The number of thioether (sulfide) groups is 1. The summed E-state index contributed by atoms with van der Waals surface area (Å²) < 4.78 is 0.387. The Labute approximate surface area is 108 Å². The molecule has 1 fully saturated rings. The van der Waals surface area contributed by atoms with Crippen LogP contribution in [0.3, 0.4) is 0 Å². The van der Waals surface area contributed by atoms with Crippen molar-refractivity contribution in [2.45, 2.75) is 31.9 Å². The highest BCUT2D eigenvalue weighted by molar-refractivity contribution is 8.00. The molecule has 0 unspecified atom stereocenters. The Morgan fingerprint density at radius 2 is 2.12 bits per heavy atom. The monoisotopic (exact) mass is 251 g/mol. The van der Waals surface area contributed by atoms with Crippen molar-refractivity contribution in [2.75, 3.05) is 29.5 Å². The van der Waals surface area contributed by atoms with Gasteiger partial charge in [0.25, 0.3) is 0 Å². The minimum atomic E-state index is 0.387. The van der Waals surface area contributed by atoms with Crippen molar-refractivity contribution in [3.63, 3.8) is 0 Å². The summed E-state index contributed by atoms with van der Waals surface area (Å²) in [4.78, 5) is 6.95. The van der Waals surface area contributed by atoms with E-state index >= 15 is 0 Å². The van der Waals surface area contributed by atoms with E-state index < -0.39 is 0 Å². The third-order valence-electron chi connectivity index (χ3n) is 3.27. The van der Waals surface area contributed by atoms with Gasteiger partial charge >= 0.3 is 0 Å². The van der Waals surface area contributed by atoms with Crippen molar-refractivity contribution in [3.8, 4) is 0 Å². The number of nitrogens with two attached hydrogens (primary N) is 1. The SMILES string of the molecule is Cc1nc(N2CCSC(C)(C)CC2)ccc1N. The molecule has 0 spiro atoms. The molecule has 1 aliphatic rings. The van der Waals surface area contributed by atoms with Crippen LogP contribution in [0.2, 0.25) is 0 Å². The number of pyridine rings is 1. The molecule has 0 aromatic carbocycles. The van der Waals surface area contributed by atoms with Gasteiger partial charge in [-0.3, -0.25) is 0 Å². The number of aromatic nitrogens is 1. The highest BCUT2D eigenvalue weighted by atomic mass is 32.2. The van der Waals surface area contributed by atoms with E-state index in [0.717, 1.165) is 36.0 Å². The number of rotatable bonds is 1. The van der Waals surface area contributed by atoms with Crippen LogP contribution in [0.25, 0.3) is 0 Å². The zero-order valence-corrected chi connectivity index (χ0v) is 11.7. The number of nitrogens with zero attached hydrogens (tertiary/aromatic N) is 2. The lowest BCUT2D eigenvalue weighted by molar-refractivity contribution is 0.635. The van der Waals surface area contributed by atoms with E-state index in [9.17, 15) is 0 Å². The number of aryl methyl sites for hydroxylation is 1. The summed E-state index contributed by atoms with van der Waals surface area (Å²) in [6.45, 7) is 8.77. The summed E-state index contributed by atoms with van der Waals surface area (Å²) in [6.07, 6.45) is 1.20. The van der Waals surface area contributed by atoms with E-state index in [1.54, 1.807) is 0 Å². The molecule has 0 saturated carbocycles. The highest BCUT2D eigenvalue weighted by Gasteiger charge is 2.24. The van der Waals surface area contributed by atoms with Crippen LogP contribution in [-0.4, -0.2) is 28.6 Å². The smallest absolute Gasteiger partial charge is 0.128 e. The number of nitrogen functional groups attached to an aromatic ring is 1. The first kappa shape index (κ1) is 12.6. The van der Waals surface area contributed by atoms with Gasteiger partial charge in [0.1, 0.15) is 5.82 Å². The summed E-state index contributed by atoms with van der Waals surface area (Å²) in [5, 5.41) is 0. The number of anilines is 2. The van der Waals surface area contributed by atoms with Crippen molar-refractivity contribution in [3.05, 3.63) is 17.8 Å². The predicted molar refractivity (Wildman–Crippen MR) is 76.8 cm³/mol. The molecule has 0 atom stereocenters. The van der Waals surface area contributed by atoms with Gasteiger partial charge in [-0.25, -0.2) is 4.98 Å². The van der Waals surface area contributed by atoms with Crippen LogP contribution in [0.15, 0.2) is 12.1 Å². The van der Waals surface area contributed by atoms with Crippen LogP contribution < -0.4 is 10.6 Å². The van der Waals surface area contributed by atoms with Crippen molar-refractivity contribution in [1.82, 2.24) is 4.98 Å². The van der Waals surface area contributed by atoms with Crippen molar-refractivity contribution in [2.24, 2.45) is 0 Å². The topological polar surface area (TPSA) is 42.2 Å². The Morgan fingerprint density at radius 3 is 2.82 bits per heavy atom. The van der Waals surface area contributed by atoms with Gasteiger partial charge in [0.15, 0.2) is 0 Å². The maximum absolute atomic E-state index is 5.81. The molecule has 2 N–H and O–H groups in total. The fourth-order valence-corrected chi connectivity index (χ4v) is 3.08. The fraction of sp³-hybridized carbons (Fsp3) is 0.615. The maximum Gasteiger partial charge on any atom is 0.128 e. The molecule has 1 aromatic rings. The Morgan fingerprint density at radius 1 is 1.35 bits per heavy atom. The Kier molecular flexibility index (Phi) is 3.52. The van der Waals surface area contributed by atoms with E-state index in [4.69, 9.17) is 5.73 Å². The largest absolute Gasteiger partial charge is 0.397 e. The molecule has 0 aliphatic carbocycles. The van der Waals surface area contributed by atoms with E-state index in [1.807, 2.05) is 19.1 Å². The third kappa shape index (κ3) is 3.06.